The quantitative estimate of drug-likeness (QED) is 0.829. The summed E-state index contributed by atoms with van der Waals surface area (Å²) in [6.45, 7) is 1.28. The maximum Gasteiger partial charge on any atom is 0.253 e. The average molecular weight is 328 g/mol. The molecule has 0 radical (unpaired) electrons. The Morgan fingerprint density at radius 1 is 1.25 bits per heavy atom. The topological polar surface area (TPSA) is 88.3 Å². The van der Waals surface area contributed by atoms with E-state index >= 15 is 0 Å². The van der Waals surface area contributed by atoms with Gasteiger partial charge in [0.15, 0.2) is 0 Å². The van der Waals surface area contributed by atoms with Crippen LogP contribution in [0.15, 0.2) is 42.6 Å². The number of rotatable bonds is 4. The standard InChI is InChI=1S/C17H17FN4O2/c18-15-6-5-11(9-20-15)17(24)21-12-7-8-22(10-12)14-4-2-1-3-13(14)16(19)23/h1-6,9,12H,7-8,10H2,(H2,19,23)(H,21,24)/t12-/m0/s1. The fraction of sp³-hybridized carbons (Fsp3) is 0.235. The summed E-state index contributed by atoms with van der Waals surface area (Å²) in [4.78, 5) is 29.2. The number of benzene rings is 1. The SMILES string of the molecule is NC(=O)c1ccccc1N1CC[C@H](NC(=O)c2ccc(F)nc2)C1. The van der Waals surface area contributed by atoms with E-state index in [1.807, 2.05) is 17.0 Å². The maximum atomic E-state index is 12.8. The zero-order chi connectivity index (χ0) is 17.1. The zero-order valence-corrected chi connectivity index (χ0v) is 12.9. The van der Waals surface area contributed by atoms with Crippen LogP contribution in [0.1, 0.15) is 27.1 Å². The van der Waals surface area contributed by atoms with E-state index in [1.165, 1.54) is 12.3 Å². The lowest BCUT2D eigenvalue weighted by molar-refractivity contribution is 0.0938. The van der Waals surface area contributed by atoms with Crippen LogP contribution in [0.3, 0.4) is 0 Å². The van der Waals surface area contributed by atoms with Crippen molar-refractivity contribution in [3.63, 3.8) is 0 Å². The third kappa shape index (κ3) is 3.34. The molecule has 1 atom stereocenters. The van der Waals surface area contributed by atoms with Gasteiger partial charge in [-0.1, -0.05) is 12.1 Å². The van der Waals surface area contributed by atoms with E-state index in [2.05, 4.69) is 10.3 Å². The summed E-state index contributed by atoms with van der Waals surface area (Å²) < 4.78 is 12.8. The molecule has 6 nitrogen and oxygen atoms in total. The van der Waals surface area contributed by atoms with Crippen molar-refractivity contribution < 1.29 is 14.0 Å². The molecule has 3 N–H and O–H groups in total. The van der Waals surface area contributed by atoms with Crippen LogP contribution in [-0.2, 0) is 0 Å². The minimum Gasteiger partial charge on any atom is -0.369 e. The molecule has 7 heteroatoms. The molecule has 0 aliphatic carbocycles. The van der Waals surface area contributed by atoms with E-state index in [9.17, 15) is 14.0 Å². The molecule has 2 aromatic rings. The second kappa shape index (κ2) is 6.66. The number of halogens is 1. The number of nitrogens with one attached hydrogen (secondary N) is 1. The van der Waals surface area contributed by atoms with E-state index in [0.717, 1.165) is 18.2 Å². The second-order valence-electron chi connectivity index (χ2n) is 5.66. The van der Waals surface area contributed by atoms with E-state index in [1.54, 1.807) is 12.1 Å². The van der Waals surface area contributed by atoms with E-state index in [0.29, 0.717) is 24.2 Å². The monoisotopic (exact) mass is 328 g/mol. The summed E-state index contributed by atoms with van der Waals surface area (Å²) in [6.07, 6.45) is 1.95. The molecule has 1 aromatic heterocycles. The van der Waals surface area contributed by atoms with Crippen molar-refractivity contribution in [3.05, 3.63) is 59.7 Å². The highest BCUT2D eigenvalue weighted by Gasteiger charge is 2.26. The van der Waals surface area contributed by atoms with Gasteiger partial charge < -0.3 is 16.0 Å². The van der Waals surface area contributed by atoms with Gasteiger partial charge in [0.2, 0.25) is 5.95 Å². The number of hydrogen-bond donors (Lipinski definition) is 2. The predicted molar refractivity (Wildman–Crippen MR) is 87.2 cm³/mol. The number of anilines is 1. The van der Waals surface area contributed by atoms with Gasteiger partial charge >= 0.3 is 0 Å². The van der Waals surface area contributed by atoms with Gasteiger partial charge in [0, 0.05) is 31.0 Å². The molecule has 1 aliphatic rings. The molecule has 0 spiro atoms. The van der Waals surface area contributed by atoms with Gasteiger partial charge in [-0.25, -0.2) is 4.98 Å². The van der Waals surface area contributed by atoms with Crippen LogP contribution in [0.4, 0.5) is 10.1 Å². The number of hydrogen-bond acceptors (Lipinski definition) is 4. The van der Waals surface area contributed by atoms with Gasteiger partial charge in [-0.15, -0.1) is 0 Å². The van der Waals surface area contributed by atoms with Crippen molar-refractivity contribution in [1.29, 1.82) is 0 Å². The molecular weight excluding hydrogens is 311 g/mol. The Hall–Kier alpha value is -2.96. The lowest BCUT2D eigenvalue weighted by Gasteiger charge is -2.21. The number of aromatic nitrogens is 1. The summed E-state index contributed by atoms with van der Waals surface area (Å²) in [5.74, 6) is -1.39. The highest BCUT2D eigenvalue weighted by atomic mass is 19.1. The van der Waals surface area contributed by atoms with Crippen molar-refractivity contribution in [2.24, 2.45) is 5.73 Å². The molecule has 1 aliphatic heterocycles. The average Bonchev–Trinajstić information content (AvgIpc) is 3.03. The second-order valence-corrected chi connectivity index (χ2v) is 5.66. The number of pyridine rings is 1. The number of nitrogens with zero attached hydrogens (tertiary/aromatic N) is 2. The number of para-hydroxylation sites is 1. The lowest BCUT2D eigenvalue weighted by Crippen LogP contribution is -2.37. The van der Waals surface area contributed by atoms with Crippen LogP contribution in [0.5, 0.6) is 0 Å². The predicted octanol–water partition coefficient (Wildman–Crippen LogP) is 1.33. The third-order valence-corrected chi connectivity index (χ3v) is 4.02. The fourth-order valence-corrected chi connectivity index (χ4v) is 2.83. The van der Waals surface area contributed by atoms with Gasteiger partial charge in [-0.3, -0.25) is 9.59 Å². The van der Waals surface area contributed by atoms with Gasteiger partial charge in [-0.05, 0) is 30.7 Å². The Kier molecular flexibility index (Phi) is 4.41. The normalized spacial score (nSPS) is 16.9. The first-order chi connectivity index (χ1) is 11.5. The Morgan fingerprint density at radius 2 is 2.04 bits per heavy atom. The third-order valence-electron chi connectivity index (χ3n) is 4.02. The van der Waals surface area contributed by atoms with Gasteiger partial charge in [0.25, 0.3) is 11.8 Å². The molecule has 0 saturated carbocycles. The minimum atomic E-state index is -0.623. The zero-order valence-electron chi connectivity index (χ0n) is 12.9. The van der Waals surface area contributed by atoms with Crippen LogP contribution < -0.4 is 16.0 Å². The van der Waals surface area contributed by atoms with E-state index < -0.39 is 11.9 Å². The number of nitrogens with two attached hydrogens (primary N) is 1. The first-order valence-electron chi connectivity index (χ1n) is 7.61. The van der Waals surface area contributed by atoms with Crippen molar-refractivity contribution in [3.8, 4) is 0 Å². The lowest BCUT2D eigenvalue weighted by atomic mass is 10.1. The van der Waals surface area contributed by atoms with E-state index in [4.69, 9.17) is 5.73 Å². The first kappa shape index (κ1) is 15.9. The summed E-state index contributed by atoms with van der Waals surface area (Å²) >= 11 is 0. The molecule has 124 valence electrons. The molecule has 24 heavy (non-hydrogen) atoms. The van der Waals surface area contributed by atoms with Crippen LogP contribution in [-0.4, -0.2) is 35.9 Å². The van der Waals surface area contributed by atoms with Crippen molar-refractivity contribution >= 4 is 17.5 Å². The van der Waals surface area contributed by atoms with Crippen LogP contribution in [0, 0.1) is 5.95 Å². The Balaban J connectivity index is 1.67. The molecular formula is C17H17FN4O2. The molecule has 1 saturated heterocycles. The number of carbonyl (C=O) groups excluding carboxylic acids is 2. The molecule has 3 rings (SSSR count). The van der Waals surface area contributed by atoms with Crippen LogP contribution in [0.2, 0.25) is 0 Å². The smallest absolute Gasteiger partial charge is 0.253 e. The van der Waals surface area contributed by atoms with Gasteiger partial charge in [0.1, 0.15) is 0 Å². The number of carbonyl (C=O) groups is 2. The van der Waals surface area contributed by atoms with E-state index in [-0.39, 0.29) is 11.9 Å². The Bertz CT molecular complexity index is 763. The summed E-state index contributed by atoms with van der Waals surface area (Å²) in [5, 5.41) is 2.90. The molecule has 2 heterocycles. The summed E-state index contributed by atoms with van der Waals surface area (Å²) in [6, 6.07) is 9.62. The first-order valence-corrected chi connectivity index (χ1v) is 7.61. The summed E-state index contributed by atoms with van der Waals surface area (Å²) in [5.41, 5.74) is 6.96. The fourth-order valence-electron chi connectivity index (χ4n) is 2.83. The van der Waals surface area contributed by atoms with Gasteiger partial charge in [0.05, 0.1) is 11.1 Å². The van der Waals surface area contributed by atoms with Crippen molar-refractivity contribution in [2.75, 3.05) is 18.0 Å². The van der Waals surface area contributed by atoms with Gasteiger partial charge in [-0.2, -0.15) is 4.39 Å². The highest BCUT2D eigenvalue weighted by molar-refractivity contribution is 5.98. The largest absolute Gasteiger partial charge is 0.369 e. The Labute approximate surface area is 138 Å². The van der Waals surface area contributed by atoms with Crippen molar-refractivity contribution in [2.45, 2.75) is 12.5 Å². The molecule has 2 amide bonds. The number of amides is 2. The van der Waals surface area contributed by atoms with Crippen LogP contribution in [0.25, 0.3) is 0 Å². The van der Waals surface area contributed by atoms with Crippen LogP contribution >= 0.6 is 0 Å². The summed E-state index contributed by atoms with van der Waals surface area (Å²) in [7, 11) is 0. The Morgan fingerprint density at radius 3 is 2.75 bits per heavy atom. The number of primary amides is 1. The molecule has 0 bridgehead atoms. The maximum absolute atomic E-state index is 12.8. The highest BCUT2D eigenvalue weighted by Crippen LogP contribution is 2.24. The minimum absolute atomic E-state index is 0.0662. The molecule has 1 fully saturated rings. The molecule has 1 aromatic carbocycles. The van der Waals surface area contributed by atoms with Crippen molar-refractivity contribution in [1.82, 2.24) is 10.3 Å². The molecule has 0 unspecified atom stereocenters.